The third-order valence-corrected chi connectivity index (χ3v) is 5.36. The van der Waals surface area contributed by atoms with Crippen molar-refractivity contribution in [3.8, 4) is 5.75 Å². The first kappa shape index (κ1) is 19.1. The van der Waals surface area contributed by atoms with Crippen LogP contribution >= 0.6 is 0 Å². The van der Waals surface area contributed by atoms with Gasteiger partial charge >= 0.3 is 12.6 Å². The van der Waals surface area contributed by atoms with Gasteiger partial charge in [0.25, 0.3) is 5.91 Å². The van der Waals surface area contributed by atoms with Crippen LogP contribution in [0.1, 0.15) is 12.8 Å². The second-order valence-corrected chi connectivity index (χ2v) is 7.79. The molecule has 0 unspecified atom stereocenters. The van der Waals surface area contributed by atoms with Crippen LogP contribution in [0, 0.1) is 5.92 Å². The maximum Gasteiger partial charge on any atom is 0.387 e. The van der Waals surface area contributed by atoms with E-state index in [-0.39, 0.29) is 35.3 Å². The maximum absolute atomic E-state index is 12.3. The minimum absolute atomic E-state index is 0.0192. The van der Waals surface area contributed by atoms with Gasteiger partial charge in [0.2, 0.25) is 0 Å². The van der Waals surface area contributed by atoms with E-state index in [1.807, 2.05) is 0 Å². The summed E-state index contributed by atoms with van der Waals surface area (Å²) in [6.45, 7) is -3.65. The molecule has 1 saturated heterocycles. The molecule has 1 amide bonds. The van der Waals surface area contributed by atoms with Gasteiger partial charge in [0.1, 0.15) is 5.75 Å². The lowest BCUT2D eigenvalue weighted by Gasteiger charge is -2.12. The number of esters is 1. The fourth-order valence-electron chi connectivity index (χ4n) is 2.43. The minimum Gasteiger partial charge on any atom is -0.456 e. The van der Waals surface area contributed by atoms with Gasteiger partial charge in [-0.2, -0.15) is 8.78 Å². The van der Waals surface area contributed by atoms with E-state index < -0.39 is 34.9 Å². The highest BCUT2D eigenvalue weighted by Crippen LogP contribution is 2.25. The summed E-state index contributed by atoms with van der Waals surface area (Å²) < 4.78 is 56.3. The van der Waals surface area contributed by atoms with Gasteiger partial charge in [0.15, 0.2) is 16.4 Å². The molecule has 1 aliphatic rings. The quantitative estimate of drug-likeness (QED) is 0.725. The summed E-state index contributed by atoms with van der Waals surface area (Å²) in [7, 11) is -3.09. The summed E-state index contributed by atoms with van der Waals surface area (Å²) in [4.78, 5) is 23.4. The van der Waals surface area contributed by atoms with Crippen molar-refractivity contribution in [3.05, 3.63) is 24.3 Å². The predicted octanol–water partition coefficient (Wildman–Crippen LogP) is 1.59. The number of nitrogens with one attached hydrogen (secondary N) is 1. The number of hydrogen-bond acceptors (Lipinski definition) is 6. The lowest BCUT2D eigenvalue weighted by molar-refractivity contribution is -0.148. The van der Waals surface area contributed by atoms with Crippen LogP contribution in [0.15, 0.2) is 24.3 Å². The van der Waals surface area contributed by atoms with Crippen LogP contribution in [0.2, 0.25) is 0 Å². The first-order chi connectivity index (χ1) is 11.7. The molecule has 1 aromatic rings. The SMILES string of the molecule is O=C(COC(=O)C[C@H]1CCS(=O)(=O)C1)Nc1ccccc1OC(F)F. The third-order valence-electron chi connectivity index (χ3n) is 3.52. The molecule has 1 atom stereocenters. The number of amides is 1. The van der Waals surface area contributed by atoms with Crippen LogP contribution in [0.25, 0.3) is 0 Å². The summed E-state index contributed by atoms with van der Waals surface area (Å²) in [6, 6.07) is 5.60. The zero-order chi connectivity index (χ0) is 18.4. The summed E-state index contributed by atoms with van der Waals surface area (Å²) >= 11 is 0. The van der Waals surface area contributed by atoms with Crippen molar-refractivity contribution >= 4 is 27.4 Å². The molecule has 0 aromatic heterocycles. The van der Waals surface area contributed by atoms with E-state index in [9.17, 15) is 26.8 Å². The Kier molecular flexibility index (Phi) is 6.29. The monoisotopic (exact) mass is 377 g/mol. The van der Waals surface area contributed by atoms with Crippen LogP contribution in [-0.4, -0.2) is 45.0 Å². The van der Waals surface area contributed by atoms with E-state index in [4.69, 9.17) is 4.74 Å². The molecule has 1 aliphatic heterocycles. The molecule has 0 radical (unpaired) electrons. The Morgan fingerprint density at radius 1 is 1.28 bits per heavy atom. The largest absolute Gasteiger partial charge is 0.456 e. The third kappa shape index (κ3) is 6.29. The number of hydrogen-bond donors (Lipinski definition) is 1. The molecule has 1 fully saturated rings. The maximum atomic E-state index is 12.3. The predicted molar refractivity (Wildman–Crippen MR) is 84.0 cm³/mol. The Morgan fingerprint density at radius 3 is 2.64 bits per heavy atom. The average Bonchev–Trinajstić information content (AvgIpc) is 2.85. The van der Waals surface area contributed by atoms with E-state index in [2.05, 4.69) is 10.1 Å². The van der Waals surface area contributed by atoms with Gasteiger partial charge in [0.05, 0.1) is 17.2 Å². The van der Waals surface area contributed by atoms with Crippen LogP contribution in [0.3, 0.4) is 0 Å². The fraction of sp³-hybridized carbons (Fsp3) is 0.467. The van der Waals surface area contributed by atoms with Gasteiger partial charge in [-0.25, -0.2) is 8.42 Å². The number of para-hydroxylation sites is 2. The lowest BCUT2D eigenvalue weighted by Crippen LogP contribution is -2.22. The van der Waals surface area contributed by atoms with Gasteiger partial charge < -0.3 is 14.8 Å². The van der Waals surface area contributed by atoms with Crippen molar-refractivity contribution in [3.63, 3.8) is 0 Å². The number of ether oxygens (including phenoxy) is 2. The highest BCUT2D eigenvalue weighted by Gasteiger charge is 2.30. The number of halogens is 2. The Balaban J connectivity index is 1.80. The second-order valence-electron chi connectivity index (χ2n) is 5.56. The first-order valence-corrected chi connectivity index (χ1v) is 9.27. The first-order valence-electron chi connectivity index (χ1n) is 7.45. The van der Waals surface area contributed by atoms with Gasteiger partial charge in [-0.1, -0.05) is 12.1 Å². The molecule has 10 heteroatoms. The van der Waals surface area contributed by atoms with E-state index in [0.29, 0.717) is 6.42 Å². The molecule has 0 aliphatic carbocycles. The van der Waals surface area contributed by atoms with Crippen molar-refractivity contribution in [2.75, 3.05) is 23.4 Å². The van der Waals surface area contributed by atoms with E-state index >= 15 is 0 Å². The molecular formula is C15H17F2NO6S. The van der Waals surface area contributed by atoms with E-state index in [0.717, 1.165) is 0 Å². The van der Waals surface area contributed by atoms with E-state index in [1.54, 1.807) is 0 Å². The van der Waals surface area contributed by atoms with Crippen molar-refractivity contribution in [2.24, 2.45) is 5.92 Å². The minimum atomic E-state index is -3.09. The number of rotatable bonds is 7. The Labute approximate surface area is 143 Å². The van der Waals surface area contributed by atoms with Crippen molar-refractivity contribution in [1.29, 1.82) is 0 Å². The molecule has 1 heterocycles. The highest BCUT2D eigenvalue weighted by molar-refractivity contribution is 7.91. The lowest BCUT2D eigenvalue weighted by atomic mass is 10.1. The number of benzene rings is 1. The highest BCUT2D eigenvalue weighted by atomic mass is 32.2. The summed E-state index contributed by atoms with van der Waals surface area (Å²) in [5.41, 5.74) is 0.0192. The van der Waals surface area contributed by atoms with Gasteiger partial charge in [-0.3, -0.25) is 9.59 Å². The van der Waals surface area contributed by atoms with Gasteiger partial charge in [-0.05, 0) is 24.5 Å². The van der Waals surface area contributed by atoms with Crippen LogP contribution in [0.5, 0.6) is 5.75 Å². The zero-order valence-corrected chi connectivity index (χ0v) is 13.9. The molecule has 1 aromatic carbocycles. The molecule has 7 nitrogen and oxygen atoms in total. The Bertz CT molecular complexity index is 737. The topological polar surface area (TPSA) is 98.8 Å². The van der Waals surface area contributed by atoms with Gasteiger partial charge in [-0.15, -0.1) is 0 Å². The molecule has 138 valence electrons. The van der Waals surface area contributed by atoms with E-state index in [1.165, 1.54) is 24.3 Å². The Morgan fingerprint density at radius 2 is 2.00 bits per heavy atom. The average molecular weight is 377 g/mol. The number of anilines is 1. The number of carbonyl (C=O) groups is 2. The molecular weight excluding hydrogens is 360 g/mol. The van der Waals surface area contributed by atoms with Crippen LogP contribution in [0.4, 0.5) is 14.5 Å². The van der Waals surface area contributed by atoms with Gasteiger partial charge in [0, 0.05) is 6.42 Å². The zero-order valence-electron chi connectivity index (χ0n) is 13.1. The standard InChI is InChI=1S/C15H17F2NO6S/c16-15(17)24-12-4-2-1-3-11(12)18-13(19)8-23-14(20)7-10-5-6-25(21,22)9-10/h1-4,10,15H,5-9H2,(H,18,19)/t10-/m1/s1. The summed E-state index contributed by atoms with van der Waals surface area (Å²) in [6.07, 6.45) is 0.305. The molecule has 0 spiro atoms. The molecule has 1 N–H and O–H groups in total. The van der Waals surface area contributed by atoms with Crippen molar-refractivity contribution in [2.45, 2.75) is 19.5 Å². The van der Waals surface area contributed by atoms with Crippen LogP contribution < -0.4 is 10.1 Å². The smallest absolute Gasteiger partial charge is 0.387 e. The Hall–Kier alpha value is -2.23. The molecule has 0 bridgehead atoms. The number of sulfone groups is 1. The normalized spacial score (nSPS) is 18.8. The molecule has 0 saturated carbocycles. The summed E-state index contributed by atoms with van der Waals surface area (Å²) in [5, 5.41) is 2.31. The summed E-state index contributed by atoms with van der Waals surface area (Å²) in [5.74, 6) is -1.94. The number of carbonyl (C=O) groups excluding carboxylic acids is 2. The molecule has 2 rings (SSSR count). The fourth-order valence-corrected chi connectivity index (χ4v) is 4.29. The second kappa shape index (κ2) is 8.24. The van der Waals surface area contributed by atoms with Crippen molar-refractivity contribution in [1.82, 2.24) is 0 Å². The molecule has 25 heavy (non-hydrogen) atoms. The number of alkyl halides is 2. The van der Waals surface area contributed by atoms with Crippen molar-refractivity contribution < 1.29 is 36.3 Å². The van der Waals surface area contributed by atoms with Crippen LogP contribution in [-0.2, 0) is 24.2 Å².